The molecule has 0 spiro atoms. The van der Waals surface area contributed by atoms with E-state index in [1.807, 2.05) is 6.07 Å². The van der Waals surface area contributed by atoms with Crippen molar-refractivity contribution in [2.45, 2.75) is 16.0 Å². The highest BCUT2D eigenvalue weighted by Gasteiger charge is 2.25. The third-order valence-corrected chi connectivity index (χ3v) is 7.61. The maximum absolute atomic E-state index is 12.9. The Morgan fingerprint density at radius 1 is 1.12 bits per heavy atom. The predicted octanol–water partition coefficient (Wildman–Crippen LogP) is 4.10. The SMILES string of the molecule is Cc1onc(-c2ccccc2)c1C(=O)Nc1ncc(S(=O)(=O)c2ccc([N+](=O)[O-])cc2)s1. The summed E-state index contributed by atoms with van der Waals surface area (Å²) in [6, 6.07) is 13.5. The molecule has 1 amide bonds. The molecule has 4 aromatic rings. The summed E-state index contributed by atoms with van der Waals surface area (Å²) < 4.78 is 30.7. The van der Waals surface area contributed by atoms with Crippen LogP contribution >= 0.6 is 11.3 Å². The van der Waals surface area contributed by atoms with E-state index >= 15 is 0 Å². The lowest BCUT2D eigenvalue weighted by atomic mass is 10.1. The molecule has 0 radical (unpaired) electrons. The number of hydrogen-bond donors (Lipinski definition) is 1. The van der Waals surface area contributed by atoms with Gasteiger partial charge in [0.05, 0.1) is 16.0 Å². The molecular weight excluding hydrogens is 456 g/mol. The van der Waals surface area contributed by atoms with Gasteiger partial charge in [0.2, 0.25) is 9.84 Å². The lowest BCUT2D eigenvalue weighted by molar-refractivity contribution is -0.384. The van der Waals surface area contributed by atoms with Crippen molar-refractivity contribution < 1.29 is 22.7 Å². The van der Waals surface area contributed by atoms with Crippen molar-refractivity contribution in [1.82, 2.24) is 10.1 Å². The van der Waals surface area contributed by atoms with Crippen LogP contribution in [0.4, 0.5) is 10.8 Å². The number of benzene rings is 2. The number of sulfone groups is 1. The topological polar surface area (TPSA) is 145 Å². The molecule has 4 rings (SSSR count). The normalized spacial score (nSPS) is 11.3. The number of carbonyl (C=O) groups is 1. The van der Waals surface area contributed by atoms with E-state index in [1.54, 1.807) is 31.2 Å². The molecule has 0 unspecified atom stereocenters. The molecule has 2 aromatic carbocycles. The van der Waals surface area contributed by atoms with Gasteiger partial charge in [-0.2, -0.15) is 0 Å². The van der Waals surface area contributed by atoms with Gasteiger partial charge in [-0.3, -0.25) is 20.2 Å². The quantitative estimate of drug-likeness (QED) is 0.327. The molecule has 2 aromatic heterocycles. The Morgan fingerprint density at radius 3 is 2.47 bits per heavy atom. The molecule has 2 heterocycles. The van der Waals surface area contributed by atoms with Crippen LogP contribution in [0.3, 0.4) is 0 Å². The van der Waals surface area contributed by atoms with Crippen molar-refractivity contribution in [1.29, 1.82) is 0 Å². The van der Waals surface area contributed by atoms with Crippen molar-refractivity contribution in [2.75, 3.05) is 5.32 Å². The van der Waals surface area contributed by atoms with E-state index in [1.165, 1.54) is 0 Å². The number of aryl methyl sites for hydroxylation is 1. The second-order valence-corrected chi connectivity index (χ2v) is 9.73. The summed E-state index contributed by atoms with van der Waals surface area (Å²) in [4.78, 5) is 26.9. The fraction of sp³-hybridized carbons (Fsp3) is 0.0500. The van der Waals surface area contributed by atoms with Crippen LogP contribution in [-0.2, 0) is 9.84 Å². The number of non-ortho nitro benzene ring substituents is 1. The van der Waals surface area contributed by atoms with Crippen LogP contribution in [0, 0.1) is 17.0 Å². The molecule has 1 N–H and O–H groups in total. The fourth-order valence-electron chi connectivity index (χ4n) is 2.90. The Morgan fingerprint density at radius 2 is 1.81 bits per heavy atom. The highest BCUT2D eigenvalue weighted by Crippen LogP contribution is 2.31. The number of nitrogens with one attached hydrogen (secondary N) is 1. The highest BCUT2D eigenvalue weighted by molar-refractivity contribution is 7.93. The third-order valence-electron chi connectivity index (χ3n) is 4.46. The van der Waals surface area contributed by atoms with Crippen molar-refractivity contribution in [2.24, 2.45) is 0 Å². The zero-order chi connectivity index (χ0) is 22.9. The summed E-state index contributed by atoms with van der Waals surface area (Å²) in [6.07, 6.45) is 1.12. The number of anilines is 1. The van der Waals surface area contributed by atoms with Gasteiger partial charge in [-0.25, -0.2) is 13.4 Å². The first kappa shape index (κ1) is 21.3. The van der Waals surface area contributed by atoms with Gasteiger partial charge in [-0.1, -0.05) is 46.8 Å². The van der Waals surface area contributed by atoms with E-state index in [-0.39, 0.29) is 25.5 Å². The summed E-state index contributed by atoms with van der Waals surface area (Å²) >= 11 is 0.762. The van der Waals surface area contributed by atoms with Crippen LogP contribution in [-0.4, -0.2) is 29.4 Å². The molecule has 0 fully saturated rings. The van der Waals surface area contributed by atoms with Gasteiger partial charge in [0.15, 0.2) is 5.13 Å². The standard InChI is InChI=1S/C20H14N4O6S2/c1-12-17(18(23-30-12)13-5-3-2-4-6-13)19(25)22-20-21-11-16(31-20)32(28,29)15-9-7-14(8-10-15)24(26)27/h2-11H,1H3,(H,21,22,25). The van der Waals surface area contributed by atoms with E-state index in [0.717, 1.165) is 41.8 Å². The van der Waals surface area contributed by atoms with Crippen molar-refractivity contribution in [3.05, 3.63) is 82.2 Å². The van der Waals surface area contributed by atoms with Crippen LogP contribution in [0.25, 0.3) is 11.3 Å². The number of carbonyl (C=O) groups excluding carboxylic acids is 1. The Hall–Kier alpha value is -3.90. The minimum absolute atomic E-state index is 0.0649. The first-order valence-corrected chi connectivity index (χ1v) is 11.4. The summed E-state index contributed by atoms with van der Waals surface area (Å²) in [5.41, 5.74) is 1.04. The molecule has 162 valence electrons. The lowest BCUT2D eigenvalue weighted by Crippen LogP contribution is -2.13. The number of nitro groups is 1. The maximum Gasteiger partial charge on any atom is 0.269 e. The van der Waals surface area contributed by atoms with Gasteiger partial charge < -0.3 is 4.52 Å². The summed E-state index contributed by atoms with van der Waals surface area (Å²) in [5, 5.41) is 17.4. The van der Waals surface area contributed by atoms with Crippen LogP contribution < -0.4 is 5.32 Å². The summed E-state index contributed by atoms with van der Waals surface area (Å²) in [5.74, 6) is -0.243. The number of nitro benzene ring substituents is 1. The largest absolute Gasteiger partial charge is 0.360 e. The minimum Gasteiger partial charge on any atom is -0.360 e. The number of nitrogens with zero attached hydrogens (tertiary/aromatic N) is 3. The second-order valence-electron chi connectivity index (χ2n) is 6.52. The third kappa shape index (κ3) is 4.00. The Bertz CT molecular complexity index is 1410. The Kier molecular flexibility index (Phi) is 5.55. The average Bonchev–Trinajstić information content (AvgIpc) is 3.41. The molecule has 10 nitrogen and oxygen atoms in total. The number of hydrogen-bond acceptors (Lipinski definition) is 9. The Balaban J connectivity index is 1.58. The van der Waals surface area contributed by atoms with Crippen LogP contribution in [0.2, 0.25) is 0 Å². The monoisotopic (exact) mass is 470 g/mol. The summed E-state index contributed by atoms with van der Waals surface area (Å²) in [6.45, 7) is 1.60. The molecule has 0 saturated heterocycles. The first-order chi connectivity index (χ1) is 15.3. The van der Waals surface area contributed by atoms with Crippen molar-refractivity contribution in [3.63, 3.8) is 0 Å². The summed E-state index contributed by atoms with van der Waals surface area (Å²) in [7, 11) is -3.96. The van der Waals surface area contributed by atoms with E-state index in [9.17, 15) is 23.3 Å². The molecule has 0 saturated carbocycles. The molecular formula is C20H14N4O6S2. The average molecular weight is 470 g/mol. The molecule has 0 aliphatic rings. The molecule has 0 aliphatic carbocycles. The minimum atomic E-state index is -3.96. The van der Waals surface area contributed by atoms with Gasteiger partial charge in [0.25, 0.3) is 11.6 Å². The van der Waals surface area contributed by atoms with E-state index in [2.05, 4.69) is 15.5 Å². The van der Waals surface area contributed by atoms with Crippen LogP contribution in [0.15, 0.2) is 74.4 Å². The zero-order valence-corrected chi connectivity index (χ0v) is 18.0. The molecule has 0 bridgehead atoms. The smallest absolute Gasteiger partial charge is 0.269 e. The molecule has 0 atom stereocenters. The first-order valence-electron chi connectivity index (χ1n) is 9.06. The van der Waals surface area contributed by atoms with Gasteiger partial charge in [0.1, 0.15) is 21.2 Å². The van der Waals surface area contributed by atoms with E-state index in [0.29, 0.717) is 17.0 Å². The highest BCUT2D eigenvalue weighted by atomic mass is 32.2. The number of amides is 1. The van der Waals surface area contributed by atoms with Gasteiger partial charge >= 0.3 is 0 Å². The van der Waals surface area contributed by atoms with Crippen molar-refractivity contribution in [3.8, 4) is 11.3 Å². The Labute approximate surface area is 185 Å². The lowest BCUT2D eigenvalue weighted by Gasteiger charge is -2.03. The van der Waals surface area contributed by atoms with Gasteiger partial charge in [-0.15, -0.1) is 0 Å². The zero-order valence-electron chi connectivity index (χ0n) is 16.4. The van der Waals surface area contributed by atoms with Gasteiger partial charge in [0, 0.05) is 17.7 Å². The van der Waals surface area contributed by atoms with Crippen LogP contribution in [0.1, 0.15) is 16.1 Å². The van der Waals surface area contributed by atoms with Gasteiger partial charge in [-0.05, 0) is 19.1 Å². The number of aromatic nitrogens is 2. The maximum atomic E-state index is 12.9. The number of thiazole rings is 1. The number of rotatable bonds is 6. The molecule has 0 aliphatic heterocycles. The second kappa shape index (κ2) is 8.32. The van der Waals surface area contributed by atoms with Crippen LogP contribution in [0.5, 0.6) is 0 Å². The predicted molar refractivity (Wildman–Crippen MR) is 115 cm³/mol. The molecule has 12 heteroatoms. The molecule has 32 heavy (non-hydrogen) atoms. The van der Waals surface area contributed by atoms with Crippen molar-refractivity contribution >= 4 is 37.9 Å². The fourth-order valence-corrected chi connectivity index (χ4v) is 5.32. The van der Waals surface area contributed by atoms with E-state index < -0.39 is 20.7 Å². The van der Waals surface area contributed by atoms with E-state index in [4.69, 9.17) is 4.52 Å².